The summed E-state index contributed by atoms with van der Waals surface area (Å²) < 4.78 is 10.1. The van der Waals surface area contributed by atoms with Crippen LogP contribution >= 0.6 is 0 Å². The summed E-state index contributed by atoms with van der Waals surface area (Å²) in [6, 6.07) is 3.40. The van der Waals surface area contributed by atoms with E-state index < -0.39 is 41.6 Å². The first kappa shape index (κ1) is 31.9. The van der Waals surface area contributed by atoms with Crippen LogP contribution in [0.1, 0.15) is 84.0 Å². The number of rotatable bonds is 11. The Morgan fingerprint density at radius 2 is 1.65 bits per heavy atom. The van der Waals surface area contributed by atoms with Crippen LogP contribution in [0.2, 0.25) is 0 Å². The van der Waals surface area contributed by atoms with Crippen LogP contribution in [0.4, 0.5) is 4.79 Å². The Bertz CT molecular complexity index is 956. The Balaban J connectivity index is 3.64. The first-order valence-corrected chi connectivity index (χ1v) is 12.9. The monoisotopic (exact) mass is 519 g/mol. The average molecular weight is 520 g/mol. The number of esters is 1. The molecular formula is C28H45N3O6. The van der Waals surface area contributed by atoms with E-state index in [4.69, 9.17) is 4.74 Å². The largest absolute Gasteiger partial charge is 0.468 e. The highest BCUT2D eigenvalue weighted by Crippen LogP contribution is 2.30. The summed E-state index contributed by atoms with van der Waals surface area (Å²) in [5, 5.41) is 5.38. The summed E-state index contributed by atoms with van der Waals surface area (Å²) in [6.45, 7) is 16.3. The molecule has 0 aromatic heterocycles. The average Bonchev–Trinajstić information content (AvgIpc) is 2.83. The molecule has 1 rings (SSSR count). The first-order chi connectivity index (χ1) is 17.2. The van der Waals surface area contributed by atoms with Crippen LogP contribution in [-0.4, -0.2) is 60.1 Å². The van der Waals surface area contributed by atoms with Gasteiger partial charge in [-0.1, -0.05) is 51.0 Å². The van der Waals surface area contributed by atoms with Crippen LogP contribution in [0.5, 0.6) is 0 Å². The van der Waals surface area contributed by atoms with Crippen LogP contribution in [0.25, 0.3) is 0 Å². The van der Waals surface area contributed by atoms with Crippen LogP contribution < -0.4 is 10.6 Å². The fourth-order valence-corrected chi connectivity index (χ4v) is 3.87. The van der Waals surface area contributed by atoms with E-state index in [-0.39, 0.29) is 18.5 Å². The van der Waals surface area contributed by atoms with E-state index in [0.29, 0.717) is 18.4 Å². The molecule has 3 amide bonds. The van der Waals surface area contributed by atoms with Crippen molar-refractivity contribution in [2.45, 2.75) is 98.9 Å². The lowest BCUT2D eigenvalue weighted by molar-refractivity contribution is -0.147. The van der Waals surface area contributed by atoms with E-state index in [1.807, 2.05) is 59.7 Å². The maximum Gasteiger partial charge on any atom is 0.408 e. The molecule has 37 heavy (non-hydrogen) atoms. The molecule has 0 bridgehead atoms. The maximum atomic E-state index is 14.2. The Labute approximate surface area is 221 Å². The highest BCUT2D eigenvalue weighted by atomic mass is 16.6. The highest BCUT2D eigenvalue weighted by Gasteiger charge is 2.40. The van der Waals surface area contributed by atoms with E-state index in [2.05, 4.69) is 15.4 Å². The van der Waals surface area contributed by atoms with E-state index in [1.54, 1.807) is 20.8 Å². The molecule has 0 aliphatic rings. The highest BCUT2D eigenvalue weighted by molar-refractivity contribution is 5.93. The molecule has 4 unspecified atom stereocenters. The summed E-state index contributed by atoms with van der Waals surface area (Å²) in [6.07, 6.45) is 0.481. The van der Waals surface area contributed by atoms with Crippen molar-refractivity contribution < 1.29 is 28.7 Å². The van der Waals surface area contributed by atoms with Gasteiger partial charge < -0.3 is 25.0 Å². The van der Waals surface area contributed by atoms with Gasteiger partial charge in [-0.15, -0.1) is 0 Å². The van der Waals surface area contributed by atoms with E-state index in [0.717, 1.165) is 11.1 Å². The minimum atomic E-state index is -1.03. The third-order valence-corrected chi connectivity index (χ3v) is 6.36. The fraction of sp³-hybridized carbons (Fsp3) is 0.643. The normalized spacial score (nSPS) is 14.5. The lowest BCUT2D eigenvalue weighted by Gasteiger charge is -2.39. The summed E-state index contributed by atoms with van der Waals surface area (Å²) in [4.78, 5) is 53.9. The number of aryl methyl sites for hydroxylation is 2. The van der Waals surface area contributed by atoms with Crippen LogP contribution in [-0.2, 0) is 23.9 Å². The molecule has 4 atom stereocenters. The van der Waals surface area contributed by atoms with Gasteiger partial charge in [0.25, 0.3) is 0 Å². The van der Waals surface area contributed by atoms with Gasteiger partial charge in [0.2, 0.25) is 11.8 Å². The van der Waals surface area contributed by atoms with Crippen molar-refractivity contribution in [1.29, 1.82) is 0 Å². The van der Waals surface area contributed by atoms with Crippen LogP contribution in [0.3, 0.4) is 0 Å². The third kappa shape index (κ3) is 9.37. The molecule has 0 spiro atoms. The molecule has 0 saturated carbocycles. The van der Waals surface area contributed by atoms with E-state index in [9.17, 15) is 19.2 Å². The standard InChI is InChI=1S/C28H45N3O6/c1-11-18(4)23(30-27(35)37-28(7,8)9)26(34)31(20(6)12-2)24(25(33)29-16-22(32)36-10)21-15-17(3)13-14-19(21)5/h13-15,18,20,23-24H,11-12,16H2,1-10H3,(H,29,33)(H,30,35). The molecular weight excluding hydrogens is 474 g/mol. The Morgan fingerprint density at radius 3 is 2.16 bits per heavy atom. The first-order valence-electron chi connectivity index (χ1n) is 12.9. The number of nitrogens with zero attached hydrogens (tertiary/aromatic N) is 1. The summed E-state index contributed by atoms with van der Waals surface area (Å²) in [7, 11) is 1.24. The molecule has 1 aromatic rings. The van der Waals surface area contributed by atoms with Gasteiger partial charge in [0.1, 0.15) is 24.2 Å². The molecule has 208 valence electrons. The zero-order valence-corrected chi connectivity index (χ0v) is 24.1. The second kappa shape index (κ2) is 14.0. The summed E-state index contributed by atoms with van der Waals surface area (Å²) in [5.41, 5.74) is 1.66. The molecule has 0 saturated heterocycles. The lowest BCUT2D eigenvalue weighted by atomic mass is 9.92. The van der Waals surface area contributed by atoms with E-state index in [1.165, 1.54) is 12.0 Å². The van der Waals surface area contributed by atoms with Crippen LogP contribution in [0.15, 0.2) is 18.2 Å². The Morgan fingerprint density at radius 1 is 1.03 bits per heavy atom. The number of amides is 3. The topological polar surface area (TPSA) is 114 Å². The number of hydrogen-bond donors (Lipinski definition) is 2. The van der Waals surface area contributed by atoms with Crippen LogP contribution in [0, 0.1) is 19.8 Å². The van der Waals surface area contributed by atoms with Crippen molar-refractivity contribution in [3.63, 3.8) is 0 Å². The maximum absolute atomic E-state index is 14.2. The summed E-state index contributed by atoms with van der Waals surface area (Å²) >= 11 is 0. The number of alkyl carbamates (subject to hydrolysis) is 1. The van der Waals surface area contributed by atoms with Gasteiger partial charge in [-0.2, -0.15) is 0 Å². The van der Waals surface area contributed by atoms with Crippen molar-refractivity contribution in [3.05, 3.63) is 34.9 Å². The molecule has 0 radical (unpaired) electrons. The lowest BCUT2D eigenvalue weighted by Crippen LogP contribution is -2.57. The van der Waals surface area contributed by atoms with Crippen molar-refractivity contribution in [1.82, 2.24) is 15.5 Å². The molecule has 0 fully saturated rings. The van der Waals surface area contributed by atoms with Gasteiger partial charge in [-0.25, -0.2) is 4.79 Å². The number of carbonyl (C=O) groups is 4. The zero-order chi connectivity index (χ0) is 28.5. The quantitative estimate of drug-likeness (QED) is 0.424. The number of carbonyl (C=O) groups excluding carboxylic acids is 4. The minimum Gasteiger partial charge on any atom is -0.468 e. The van der Waals surface area contributed by atoms with Gasteiger partial charge in [-0.3, -0.25) is 14.4 Å². The second-order valence-corrected chi connectivity index (χ2v) is 10.6. The SMILES string of the molecule is CCC(C)C(NC(=O)OC(C)(C)C)C(=O)N(C(C)CC)C(C(=O)NCC(=O)OC)c1cc(C)ccc1C. The molecule has 2 N–H and O–H groups in total. The smallest absolute Gasteiger partial charge is 0.408 e. The molecule has 0 aliphatic carbocycles. The number of nitrogens with one attached hydrogen (secondary N) is 2. The number of hydrogen-bond acceptors (Lipinski definition) is 6. The number of methoxy groups -OCH3 is 1. The third-order valence-electron chi connectivity index (χ3n) is 6.36. The van der Waals surface area contributed by atoms with Gasteiger partial charge in [0, 0.05) is 6.04 Å². The van der Waals surface area contributed by atoms with Crippen molar-refractivity contribution in [2.75, 3.05) is 13.7 Å². The molecule has 1 aromatic carbocycles. The summed E-state index contributed by atoms with van der Waals surface area (Å²) in [5.74, 6) is -1.73. The Kier molecular flexibility index (Phi) is 12.1. The van der Waals surface area contributed by atoms with Gasteiger partial charge in [-0.05, 0) is 65.0 Å². The van der Waals surface area contributed by atoms with E-state index >= 15 is 0 Å². The predicted molar refractivity (Wildman–Crippen MR) is 143 cm³/mol. The number of benzene rings is 1. The van der Waals surface area contributed by atoms with Crippen molar-refractivity contribution >= 4 is 23.9 Å². The molecule has 9 nitrogen and oxygen atoms in total. The Hall–Kier alpha value is -3.10. The minimum absolute atomic E-state index is 0.232. The molecule has 0 heterocycles. The van der Waals surface area contributed by atoms with Gasteiger partial charge in [0.15, 0.2) is 0 Å². The zero-order valence-electron chi connectivity index (χ0n) is 24.1. The predicted octanol–water partition coefficient (Wildman–Crippen LogP) is 4.20. The van der Waals surface area contributed by atoms with Gasteiger partial charge in [0.05, 0.1) is 7.11 Å². The van der Waals surface area contributed by atoms with Gasteiger partial charge >= 0.3 is 12.1 Å². The second-order valence-electron chi connectivity index (χ2n) is 10.6. The molecule has 0 aliphatic heterocycles. The molecule has 9 heteroatoms. The van der Waals surface area contributed by atoms with Crippen molar-refractivity contribution in [3.8, 4) is 0 Å². The van der Waals surface area contributed by atoms with Crippen molar-refractivity contribution in [2.24, 2.45) is 5.92 Å². The fourth-order valence-electron chi connectivity index (χ4n) is 3.87. The number of ether oxygens (including phenoxy) is 2.